The maximum atomic E-state index is 13.8. The minimum absolute atomic E-state index is 0.0174. The van der Waals surface area contributed by atoms with Crippen LogP contribution in [0.25, 0.3) is 11.6 Å². The minimum atomic E-state index is -0.0289. The number of hydrogen-bond acceptors (Lipinski definition) is 4. The van der Waals surface area contributed by atoms with Crippen molar-refractivity contribution >= 4 is 45.9 Å². The molecule has 1 amide bonds. The second-order valence-electron chi connectivity index (χ2n) is 10.9. The van der Waals surface area contributed by atoms with E-state index in [1.807, 2.05) is 53.4 Å². The van der Waals surface area contributed by atoms with Crippen LogP contribution < -0.4 is 4.90 Å². The smallest absolute Gasteiger partial charge is 0.266 e. The lowest BCUT2D eigenvalue weighted by Gasteiger charge is -2.43. The summed E-state index contributed by atoms with van der Waals surface area (Å²) in [5.74, 6) is 0.0174. The number of aryl methyl sites for hydroxylation is 1. The van der Waals surface area contributed by atoms with E-state index >= 15 is 0 Å². The molecule has 0 radical (unpaired) electrons. The van der Waals surface area contributed by atoms with E-state index in [9.17, 15) is 4.79 Å². The van der Waals surface area contributed by atoms with Crippen molar-refractivity contribution in [3.8, 4) is 0 Å². The number of aliphatic imine (C=N–C) groups is 1. The van der Waals surface area contributed by atoms with Crippen LogP contribution in [-0.2, 0) is 11.2 Å². The number of anilines is 1. The molecule has 4 nitrogen and oxygen atoms in total. The number of rotatable bonds is 7. The Balaban J connectivity index is 1.50. The van der Waals surface area contributed by atoms with Gasteiger partial charge in [0.05, 0.1) is 16.1 Å². The predicted molar refractivity (Wildman–Crippen MR) is 168 cm³/mol. The predicted octanol–water partition coefficient (Wildman–Crippen LogP) is 8.25. The standard InChI is InChI=1S/C34H37N3OS/c1-6-18-37-30-20-24(2)27(21-29(30)25(3)23-34(37,4)5)22-31-32(38)36(19-17-26-13-9-7-10-14-26)33(39-31)35-28-15-11-8-12-16-28/h7-16,20-23H,6,17-19H2,1-5H3/b31-22+,35-33?. The Bertz CT molecular complexity index is 1450. The monoisotopic (exact) mass is 535 g/mol. The number of carbonyl (C=O) groups is 1. The average Bonchev–Trinajstić information content (AvgIpc) is 3.20. The Morgan fingerprint density at radius 2 is 1.64 bits per heavy atom. The molecule has 2 heterocycles. The molecule has 1 saturated heterocycles. The van der Waals surface area contributed by atoms with Crippen LogP contribution in [0.4, 0.5) is 11.4 Å². The van der Waals surface area contributed by atoms with Crippen LogP contribution in [0.2, 0.25) is 0 Å². The van der Waals surface area contributed by atoms with Crippen LogP contribution in [0.3, 0.4) is 0 Å². The van der Waals surface area contributed by atoms with Gasteiger partial charge in [0.15, 0.2) is 5.17 Å². The van der Waals surface area contributed by atoms with Gasteiger partial charge in [-0.2, -0.15) is 0 Å². The van der Waals surface area contributed by atoms with Crippen molar-refractivity contribution in [1.82, 2.24) is 4.90 Å². The Morgan fingerprint density at radius 1 is 0.949 bits per heavy atom. The molecular weight excluding hydrogens is 498 g/mol. The maximum Gasteiger partial charge on any atom is 0.266 e. The number of benzene rings is 3. The lowest BCUT2D eigenvalue weighted by atomic mass is 9.86. The van der Waals surface area contributed by atoms with E-state index in [0.717, 1.165) is 35.8 Å². The first-order valence-corrected chi connectivity index (χ1v) is 14.6. The number of thioether (sulfide) groups is 1. The van der Waals surface area contributed by atoms with E-state index in [1.165, 1.54) is 39.7 Å². The number of para-hydroxylation sites is 1. The zero-order valence-electron chi connectivity index (χ0n) is 23.6. The van der Waals surface area contributed by atoms with Crippen molar-refractivity contribution in [2.45, 2.75) is 53.0 Å². The SMILES string of the molecule is CCCN1c2cc(C)c(/C=C3/SC(=Nc4ccccc4)N(CCc4ccccc4)C3=O)cc2C(C)=CC1(C)C. The van der Waals surface area contributed by atoms with Crippen molar-refractivity contribution in [2.24, 2.45) is 4.99 Å². The van der Waals surface area contributed by atoms with Gasteiger partial charge in [-0.15, -0.1) is 0 Å². The minimum Gasteiger partial charge on any atom is -0.362 e. The van der Waals surface area contributed by atoms with Crippen LogP contribution in [0.5, 0.6) is 0 Å². The van der Waals surface area contributed by atoms with Gasteiger partial charge in [0.2, 0.25) is 0 Å². The van der Waals surface area contributed by atoms with Gasteiger partial charge >= 0.3 is 0 Å². The Kier molecular flexibility index (Phi) is 7.81. The second-order valence-corrected chi connectivity index (χ2v) is 11.9. The zero-order valence-corrected chi connectivity index (χ0v) is 24.4. The molecule has 1 fully saturated rings. The van der Waals surface area contributed by atoms with Gasteiger partial charge < -0.3 is 4.90 Å². The summed E-state index contributed by atoms with van der Waals surface area (Å²) < 4.78 is 0. The molecule has 0 bridgehead atoms. The summed E-state index contributed by atoms with van der Waals surface area (Å²) in [6.07, 6.45) is 6.29. The number of allylic oxidation sites excluding steroid dienone is 1. The molecule has 0 atom stereocenters. The lowest BCUT2D eigenvalue weighted by Crippen LogP contribution is -2.45. The molecule has 3 aromatic rings. The Morgan fingerprint density at radius 3 is 2.33 bits per heavy atom. The molecule has 200 valence electrons. The number of carbonyl (C=O) groups excluding carboxylic acids is 1. The summed E-state index contributed by atoms with van der Waals surface area (Å²) in [4.78, 5) is 23.7. The molecule has 2 aliphatic heterocycles. The summed E-state index contributed by atoms with van der Waals surface area (Å²) in [6, 6.07) is 24.7. The van der Waals surface area contributed by atoms with E-state index in [2.05, 4.69) is 75.9 Å². The van der Waals surface area contributed by atoms with Crippen molar-refractivity contribution in [2.75, 3.05) is 18.0 Å². The highest BCUT2D eigenvalue weighted by Crippen LogP contribution is 2.42. The van der Waals surface area contributed by atoms with E-state index in [1.54, 1.807) is 0 Å². The molecule has 3 aromatic carbocycles. The number of fused-ring (bicyclic) bond motifs is 1. The van der Waals surface area contributed by atoms with E-state index in [0.29, 0.717) is 11.4 Å². The number of hydrogen-bond donors (Lipinski definition) is 0. The van der Waals surface area contributed by atoms with Gasteiger partial charge in [-0.05, 0) is 105 Å². The molecule has 5 rings (SSSR count). The molecular formula is C34H37N3OS. The second kappa shape index (κ2) is 11.3. The molecule has 2 aliphatic rings. The fraction of sp³-hybridized carbons (Fsp3) is 0.294. The van der Waals surface area contributed by atoms with Gasteiger partial charge in [-0.25, -0.2) is 4.99 Å². The fourth-order valence-corrected chi connectivity index (χ4v) is 6.48. The lowest BCUT2D eigenvalue weighted by molar-refractivity contribution is -0.122. The van der Waals surface area contributed by atoms with Crippen LogP contribution in [0, 0.1) is 6.92 Å². The Hall–Kier alpha value is -3.57. The van der Waals surface area contributed by atoms with Crippen LogP contribution >= 0.6 is 11.8 Å². The first kappa shape index (κ1) is 27.0. The van der Waals surface area contributed by atoms with Gasteiger partial charge in [0.1, 0.15) is 0 Å². The van der Waals surface area contributed by atoms with Crippen molar-refractivity contribution in [1.29, 1.82) is 0 Å². The topological polar surface area (TPSA) is 35.9 Å². The normalized spacial score (nSPS) is 18.6. The third kappa shape index (κ3) is 5.74. The summed E-state index contributed by atoms with van der Waals surface area (Å²) in [5.41, 5.74) is 8.09. The van der Waals surface area contributed by atoms with Crippen LogP contribution in [0.15, 0.2) is 88.8 Å². The first-order valence-electron chi connectivity index (χ1n) is 13.8. The molecule has 0 saturated carbocycles. The molecule has 0 aromatic heterocycles. The van der Waals surface area contributed by atoms with Crippen LogP contribution in [-0.4, -0.2) is 34.6 Å². The van der Waals surface area contributed by atoms with E-state index < -0.39 is 0 Å². The molecule has 0 N–H and O–H groups in total. The first-order chi connectivity index (χ1) is 18.8. The van der Waals surface area contributed by atoms with Gasteiger partial charge in [-0.1, -0.05) is 61.5 Å². The summed E-state index contributed by atoms with van der Waals surface area (Å²) in [6.45, 7) is 12.7. The van der Waals surface area contributed by atoms with E-state index in [-0.39, 0.29) is 11.4 Å². The van der Waals surface area contributed by atoms with Gasteiger partial charge in [0.25, 0.3) is 5.91 Å². The van der Waals surface area contributed by atoms with Crippen molar-refractivity contribution < 1.29 is 4.79 Å². The third-order valence-electron chi connectivity index (χ3n) is 7.44. The number of amides is 1. The van der Waals surface area contributed by atoms with Gasteiger partial charge in [-0.3, -0.25) is 9.69 Å². The quantitative estimate of drug-likeness (QED) is 0.286. The third-order valence-corrected chi connectivity index (χ3v) is 8.44. The summed E-state index contributed by atoms with van der Waals surface area (Å²) >= 11 is 1.47. The van der Waals surface area contributed by atoms with Crippen molar-refractivity contribution in [3.63, 3.8) is 0 Å². The molecule has 0 spiro atoms. The maximum absolute atomic E-state index is 13.8. The number of nitrogens with zero attached hydrogens (tertiary/aromatic N) is 3. The highest BCUT2D eigenvalue weighted by Gasteiger charge is 2.34. The number of amidine groups is 1. The fourth-order valence-electron chi connectivity index (χ4n) is 5.46. The van der Waals surface area contributed by atoms with Gasteiger partial charge in [0, 0.05) is 24.3 Å². The average molecular weight is 536 g/mol. The zero-order chi connectivity index (χ0) is 27.6. The molecule has 0 unspecified atom stereocenters. The highest BCUT2D eigenvalue weighted by molar-refractivity contribution is 8.18. The van der Waals surface area contributed by atoms with E-state index in [4.69, 9.17) is 4.99 Å². The molecule has 39 heavy (non-hydrogen) atoms. The summed E-state index contributed by atoms with van der Waals surface area (Å²) in [7, 11) is 0. The molecule has 5 heteroatoms. The highest BCUT2D eigenvalue weighted by atomic mass is 32.2. The van der Waals surface area contributed by atoms with Crippen LogP contribution in [0.1, 0.15) is 56.4 Å². The largest absolute Gasteiger partial charge is 0.362 e. The Labute approximate surface area is 237 Å². The van der Waals surface area contributed by atoms with Crippen molar-refractivity contribution in [3.05, 3.63) is 106 Å². The molecule has 0 aliphatic carbocycles. The summed E-state index contributed by atoms with van der Waals surface area (Å²) in [5, 5.41) is 0.732.